The van der Waals surface area contributed by atoms with Gasteiger partial charge in [-0.15, -0.1) is 0 Å². The molecule has 0 saturated carbocycles. The first kappa shape index (κ1) is 13.9. The number of rotatable bonds is 6. The zero-order valence-corrected chi connectivity index (χ0v) is 11.4. The first-order chi connectivity index (χ1) is 9.19. The van der Waals surface area contributed by atoms with Crippen LogP contribution in [0, 0.1) is 0 Å². The highest BCUT2D eigenvalue weighted by molar-refractivity contribution is 5.66. The lowest BCUT2D eigenvalue weighted by molar-refractivity contribution is -0.137. The molecule has 0 saturated heterocycles. The van der Waals surface area contributed by atoms with Crippen molar-refractivity contribution >= 4 is 5.97 Å². The van der Waals surface area contributed by atoms with Crippen LogP contribution in [0.1, 0.15) is 30.9 Å². The summed E-state index contributed by atoms with van der Waals surface area (Å²) in [5.41, 5.74) is 2.63. The van der Waals surface area contributed by atoms with Crippen LogP contribution in [0.2, 0.25) is 0 Å². The minimum atomic E-state index is -0.728. The Morgan fingerprint density at radius 3 is 3.00 bits per heavy atom. The predicted octanol–water partition coefficient (Wildman–Crippen LogP) is 2.31. The van der Waals surface area contributed by atoms with Crippen LogP contribution < -0.4 is 4.74 Å². The van der Waals surface area contributed by atoms with Gasteiger partial charge in [0.1, 0.15) is 5.75 Å². The molecule has 0 aliphatic carbocycles. The summed E-state index contributed by atoms with van der Waals surface area (Å²) in [7, 11) is 0. The SMILES string of the molecule is CCCOc1ccc2c(c1)CCN(CCC(=O)O)C2. The maximum Gasteiger partial charge on any atom is 0.304 e. The molecular weight excluding hydrogens is 242 g/mol. The van der Waals surface area contributed by atoms with Gasteiger partial charge in [0.05, 0.1) is 13.0 Å². The van der Waals surface area contributed by atoms with Crippen molar-refractivity contribution in [1.82, 2.24) is 4.90 Å². The molecule has 4 heteroatoms. The van der Waals surface area contributed by atoms with Crippen molar-refractivity contribution in [2.24, 2.45) is 0 Å². The second kappa shape index (κ2) is 6.57. The van der Waals surface area contributed by atoms with Gasteiger partial charge in [-0.1, -0.05) is 13.0 Å². The Bertz CT molecular complexity index is 445. The van der Waals surface area contributed by atoms with E-state index in [-0.39, 0.29) is 6.42 Å². The summed E-state index contributed by atoms with van der Waals surface area (Å²) in [6.07, 6.45) is 2.20. The van der Waals surface area contributed by atoms with Crippen molar-refractivity contribution in [2.75, 3.05) is 19.7 Å². The van der Waals surface area contributed by atoms with E-state index in [2.05, 4.69) is 24.0 Å². The molecule has 1 heterocycles. The van der Waals surface area contributed by atoms with Gasteiger partial charge in [-0.25, -0.2) is 0 Å². The molecule has 0 unspecified atom stereocenters. The van der Waals surface area contributed by atoms with Crippen molar-refractivity contribution in [3.8, 4) is 5.75 Å². The van der Waals surface area contributed by atoms with Crippen LogP contribution in [0.4, 0.5) is 0 Å². The molecule has 0 atom stereocenters. The quantitative estimate of drug-likeness (QED) is 0.855. The molecule has 104 valence electrons. The van der Waals surface area contributed by atoms with Crippen molar-refractivity contribution in [3.05, 3.63) is 29.3 Å². The molecule has 0 amide bonds. The number of benzene rings is 1. The first-order valence-corrected chi connectivity index (χ1v) is 6.88. The predicted molar refractivity (Wildman–Crippen MR) is 73.5 cm³/mol. The summed E-state index contributed by atoms with van der Waals surface area (Å²) in [6.45, 7) is 5.25. The monoisotopic (exact) mass is 263 g/mol. The van der Waals surface area contributed by atoms with Crippen LogP contribution in [0.5, 0.6) is 5.75 Å². The van der Waals surface area contributed by atoms with Crippen molar-refractivity contribution in [2.45, 2.75) is 32.7 Å². The lowest BCUT2D eigenvalue weighted by Gasteiger charge is -2.28. The normalized spacial score (nSPS) is 15.0. The highest BCUT2D eigenvalue weighted by atomic mass is 16.5. The van der Waals surface area contributed by atoms with Gasteiger partial charge in [0.25, 0.3) is 0 Å². The van der Waals surface area contributed by atoms with E-state index in [1.54, 1.807) is 0 Å². The zero-order valence-electron chi connectivity index (χ0n) is 11.4. The Balaban J connectivity index is 1.96. The number of carboxylic acid groups (broad SMARTS) is 1. The molecule has 1 aromatic rings. The average Bonchev–Trinajstić information content (AvgIpc) is 2.42. The fourth-order valence-electron chi connectivity index (χ4n) is 2.34. The van der Waals surface area contributed by atoms with Gasteiger partial charge >= 0.3 is 5.97 Å². The van der Waals surface area contributed by atoms with Crippen molar-refractivity contribution in [3.63, 3.8) is 0 Å². The number of hydrogen-bond acceptors (Lipinski definition) is 3. The molecule has 4 nitrogen and oxygen atoms in total. The largest absolute Gasteiger partial charge is 0.494 e. The fraction of sp³-hybridized carbons (Fsp3) is 0.533. The molecule has 19 heavy (non-hydrogen) atoms. The van der Waals surface area contributed by atoms with Gasteiger partial charge < -0.3 is 9.84 Å². The van der Waals surface area contributed by atoms with Gasteiger partial charge in [0.15, 0.2) is 0 Å². The molecule has 1 aromatic carbocycles. The van der Waals surface area contributed by atoms with Gasteiger partial charge in [-0.3, -0.25) is 9.69 Å². The number of fused-ring (bicyclic) bond motifs is 1. The fourth-order valence-corrected chi connectivity index (χ4v) is 2.34. The maximum absolute atomic E-state index is 10.6. The molecule has 0 bridgehead atoms. The minimum Gasteiger partial charge on any atom is -0.494 e. The minimum absolute atomic E-state index is 0.215. The molecule has 1 N–H and O–H groups in total. The summed E-state index contributed by atoms with van der Waals surface area (Å²) in [5, 5.41) is 8.71. The number of carbonyl (C=O) groups is 1. The van der Waals surface area contributed by atoms with Gasteiger partial charge in [0, 0.05) is 19.6 Å². The number of hydrogen-bond donors (Lipinski definition) is 1. The number of carboxylic acids is 1. The number of aliphatic carboxylic acids is 1. The molecule has 0 fully saturated rings. The van der Waals surface area contributed by atoms with Crippen LogP contribution >= 0.6 is 0 Å². The van der Waals surface area contributed by atoms with Gasteiger partial charge in [-0.05, 0) is 36.1 Å². The highest BCUT2D eigenvalue weighted by Gasteiger charge is 2.17. The van der Waals surface area contributed by atoms with Gasteiger partial charge in [0.2, 0.25) is 0 Å². The third kappa shape index (κ3) is 3.96. The van der Waals surface area contributed by atoms with Gasteiger partial charge in [-0.2, -0.15) is 0 Å². The Morgan fingerprint density at radius 1 is 1.42 bits per heavy atom. The highest BCUT2D eigenvalue weighted by Crippen LogP contribution is 2.24. The van der Waals surface area contributed by atoms with Crippen LogP contribution in [0.25, 0.3) is 0 Å². The Kier molecular flexibility index (Phi) is 4.80. The summed E-state index contributed by atoms with van der Waals surface area (Å²) in [5.74, 6) is 0.216. The van der Waals surface area contributed by atoms with E-state index in [0.29, 0.717) is 6.54 Å². The second-order valence-electron chi connectivity index (χ2n) is 4.95. The third-order valence-corrected chi connectivity index (χ3v) is 3.38. The molecule has 0 aromatic heterocycles. The number of nitrogens with zero attached hydrogens (tertiary/aromatic N) is 1. The van der Waals surface area contributed by atoms with Crippen LogP contribution in [-0.4, -0.2) is 35.7 Å². The molecule has 2 rings (SSSR count). The molecule has 0 radical (unpaired) electrons. The lowest BCUT2D eigenvalue weighted by atomic mass is 9.99. The summed E-state index contributed by atoms with van der Waals surface area (Å²) < 4.78 is 5.64. The van der Waals surface area contributed by atoms with E-state index in [0.717, 1.165) is 38.3 Å². The smallest absolute Gasteiger partial charge is 0.304 e. The molecule has 1 aliphatic rings. The van der Waals surface area contributed by atoms with E-state index in [9.17, 15) is 4.79 Å². The third-order valence-electron chi connectivity index (χ3n) is 3.38. The maximum atomic E-state index is 10.6. The Labute approximate surface area is 114 Å². The molecular formula is C15H21NO3. The van der Waals surface area contributed by atoms with E-state index >= 15 is 0 Å². The Morgan fingerprint density at radius 2 is 2.26 bits per heavy atom. The van der Waals surface area contributed by atoms with E-state index in [4.69, 9.17) is 9.84 Å². The van der Waals surface area contributed by atoms with Crippen molar-refractivity contribution in [1.29, 1.82) is 0 Å². The summed E-state index contributed by atoms with van der Waals surface area (Å²) in [6, 6.07) is 6.24. The zero-order chi connectivity index (χ0) is 13.7. The van der Waals surface area contributed by atoms with E-state index in [1.807, 2.05) is 6.07 Å². The average molecular weight is 263 g/mol. The first-order valence-electron chi connectivity index (χ1n) is 6.88. The standard InChI is InChI=1S/C15H21NO3/c1-2-9-19-14-4-3-13-11-16(8-6-15(17)18)7-5-12(13)10-14/h3-4,10H,2,5-9,11H2,1H3,(H,17,18). The van der Waals surface area contributed by atoms with E-state index in [1.165, 1.54) is 11.1 Å². The van der Waals surface area contributed by atoms with Crippen molar-refractivity contribution < 1.29 is 14.6 Å². The topological polar surface area (TPSA) is 49.8 Å². The summed E-state index contributed by atoms with van der Waals surface area (Å²) >= 11 is 0. The Hall–Kier alpha value is -1.55. The van der Waals surface area contributed by atoms with Crippen LogP contribution in [0.3, 0.4) is 0 Å². The van der Waals surface area contributed by atoms with Crippen LogP contribution in [0.15, 0.2) is 18.2 Å². The lowest BCUT2D eigenvalue weighted by Crippen LogP contribution is -2.32. The molecule has 1 aliphatic heterocycles. The molecule has 0 spiro atoms. The van der Waals surface area contributed by atoms with Crippen LogP contribution in [-0.2, 0) is 17.8 Å². The summed E-state index contributed by atoms with van der Waals surface area (Å²) in [4.78, 5) is 12.8. The number of ether oxygens (including phenoxy) is 1. The van der Waals surface area contributed by atoms with E-state index < -0.39 is 5.97 Å². The second-order valence-corrected chi connectivity index (χ2v) is 4.95.